The van der Waals surface area contributed by atoms with Crippen LogP contribution in [0.4, 0.5) is 0 Å². The van der Waals surface area contributed by atoms with Gasteiger partial charge in [-0.15, -0.1) is 18.2 Å². The third-order valence-corrected chi connectivity index (χ3v) is 4.13. The van der Waals surface area contributed by atoms with Crippen molar-refractivity contribution in [2.24, 2.45) is 0 Å². The lowest BCUT2D eigenvalue weighted by atomic mass is 10.3. The van der Waals surface area contributed by atoms with E-state index in [1.54, 1.807) is 6.08 Å². The topological polar surface area (TPSA) is 17.1 Å². The molecule has 0 N–H and O–H groups in total. The molecule has 0 bridgehead atoms. The molecular formula is C8H16ClOP. The van der Waals surface area contributed by atoms with E-state index in [9.17, 15) is 4.57 Å². The highest BCUT2D eigenvalue weighted by molar-refractivity contribution is 7.47. The first-order valence-corrected chi connectivity index (χ1v) is 6.13. The van der Waals surface area contributed by atoms with Crippen molar-refractivity contribution in [3.63, 3.8) is 0 Å². The molecule has 0 saturated heterocycles. The van der Waals surface area contributed by atoms with Gasteiger partial charge < -0.3 is 4.57 Å². The Hall–Kier alpha value is 0.260. The molecule has 0 aliphatic heterocycles. The fraction of sp³-hybridized carbons (Fsp3) is 0.750. The second kappa shape index (κ2) is 6.94. The van der Waals surface area contributed by atoms with Gasteiger partial charge in [-0.3, -0.25) is 0 Å². The highest BCUT2D eigenvalue weighted by Gasteiger charge is 2.09. The third kappa shape index (κ3) is 5.52. The second-order valence-electron chi connectivity index (χ2n) is 2.57. The molecule has 3 heteroatoms. The van der Waals surface area contributed by atoms with Crippen molar-refractivity contribution in [2.45, 2.75) is 31.3 Å². The molecule has 0 aromatic heterocycles. The molecule has 0 rings (SSSR count). The summed E-state index contributed by atoms with van der Waals surface area (Å²) in [4.78, 5) is 0. The van der Waals surface area contributed by atoms with Crippen LogP contribution in [0.3, 0.4) is 0 Å². The van der Waals surface area contributed by atoms with Crippen molar-refractivity contribution in [1.82, 2.24) is 0 Å². The summed E-state index contributed by atoms with van der Waals surface area (Å²) in [7, 11) is -1.59. The Kier molecular flexibility index (Phi) is 7.10. The van der Waals surface area contributed by atoms with Gasteiger partial charge in [0, 0.05) is 6.16 Å². The quantitative estimate of drug-likeness (QED) is 0.359. The molecule has 0 aromatic rings. The van der Waals surface area contributed by atoms with E-state index in [1.165, 1.54) is 0 Å². The standard InChI is InChI=1S/C8H16ClOP/c1-3-5-6-8(9)11(10)7-4-2/h4,8,11H,2-3,5-7H2,1H3. The summed E-state index contributed by atoms with van der Waals surface area (Å²) in [6.45, 7) is 5.64. The second-order valence-corrected chi connectivity index (χ2v) is 5.50. The molecule has 0 aliphatic rings. The Morgan fingerprint density at radius 3 is 2.82 bits per heavy atom. The van der Waals surface area contributed by atoms with E-state index in [4.69, 9.17) is 11.6 Å². The van der Waals surface area contributed by atoms with Crippen LogP contribution in [0.5, 0.6) is 0 Å². The summed E-state index contributed by atoms with van der Waals surface area (Å²) in [5, 5.41) is -0.113. The van der Waals surface area contributed by atoms with Crippen molar-refractivity contribution in [2.75, 3.05) is 6.16 Å². The monoisotopic (exact) mass is 194 g/mol. The maximum atomic E-state index is 11.2. The minimum absolute atomic E-state index is 0.113. The first kappa shape index (κ1) is 11.3. The van der Waals surface area contributed by atoms with Gasteiger partial charge in [0.05, 0.1) is 12.9 Å². The van der Waals surface area contributed by atoms with E-state index in [0.717, 1.165) is 19.3 Å². The summed E-state index contributed by atoms with van der Waals surface area (Å²) in [6, 6.07) is 0. The molecule has 0 aliphatic carbocycles. The van der Waals surface area contributed by atoms with Crippen molar-refractivity contribution in [3.05, 3.63) is 12.7 Å². The van der Waals surface area contributed by atoms with Gasteiger partial charge in [0.15, 0.2) is 0 Å². The minimum Gasteiger partial charge on any atom is -0.325 e. The number of alkyl halides is 1. The largest absolute Gasteiger partial charge is 0.325 e. The van der Waals surface area contributed by atoms with Crippen molar-refractivity contribution >= 4 is 19.4 Å². The molecule has 0 saturated carbocycles. The van der Waals surface area contributed by atoms with Crippen LogP contribution in [0.1, 0.15) is 26.2 Å². The molecule has 0 heterocycles. The molecule has 66 valence electrons. The number of hydrogen-bond acceptors (Lipinski definition) is 1. The van der Waals surface area contributed by atoms with Crippen LogP contribution in [0.2, 0.25) is 0 Å². The number of allylic oxidation sites excluding steroid dienone is 1. The normalized spacial score (nSPS) is 15.8. The summed E-state index contributed by atoms with van der Waals surface area (Å²) >= 11 is 5.87. The predicted molar refractivity (Wildman–Crippen MR) is 53.2 cm³/mol. The lowest BCUT2D eigenvalue weighted by Gasteiger charge is -2.05. The van der Waals surface area contributed by atoms with Crippen LogP contribution in [0.25, 0.3) is 0 Å². The van der Waals surface area contributed by atoms with Crippen LogP contribution in [-0.4, -0.2) is 11.3 Å². The molecule has 0 aromatic carbocycles. The zero-order valence-electron chi connectivity index (χ0n) is 6.98. The molecule has 0 spiro atoms. The summed E-state index contributed by atoms with van der Waals surface area (Å²) in [6.07, 6.45) is 5.34. The maximum absolute atomic E-state index is 11.2. The van der Waals surface area contributed by atoms with Gasteiger partial charge in [-0.25, -0.2) is 0 Å². The summed E-state index contributed by atoms with van der Waals surface area (Å²) in [5.41, 5.74) is 0. The van der Waals surface area contributed by atoms with Crippen LogP contribution >= 0.6 is 19.4 Å². The van der Waals surface area contributed by atoms with Gasteiger partial charge in [0.25, 0.3) is 0 Å². The van der Waals surface area contributed by atoms with Gasteiger partial charge in [0.1, 0.15) is 0 Å². The number of unbranched alkanes of at least 4 members (excludes halogenated alkanes) is 1. The predicted octanol–water partition coefficient (Wildman–Crippen LogP) is 3.49. The lowest BCUT2D eigenvalue weighted by molar-refractivity contribution is 0.583. The van der Waals surface area contributed by atoms with Crippen LogP contribution in [0.15, 0.2) is 12.7 Å². The van der Waals surface area contributed by atoms with Gasteiger partial charge in [-0.1, -0.05) is 25.8 Å². The van der Waals surface area contributed by atoms with E-state index in [0.29, 0.717) is 6.16 Å². The van der Waals surface area contributed by atoms with E-state index >= 15 is 0 Å². The van der Waals surface area contributed by atoms with E-state index < -0.39 is 7.80 Å². The first-order valence-electron chi connectivity index (χ1n) is 4.00. The van der Waals surface area contributed by atoms with E-state index in [1.807, 2.05) is 0 Å². The van der Waals surface area contributed by atoms with E-state index in [2.05, 4.69) is 13.5 Å². The Morgan fingerprint density at radius 1 is 1.73 bits per heavy atom. The first-order chi connectivity index (χ1) is 5.22. The van der Waals surface area contributed by atoms with Crippen molar-refractivity contribution < 1.29 is 4.57 Å². The van der Waals surface area contributed by atoms with Crippen LogP contribution in [0, 0.1) is 0 Å². The molecule has 0 amide bonds. The van der Waals surface area contributed by atoms with Gasteiger partial charge in [-0.05, 0) is 6.42 Å². The third-order valence-electron chi connectivity index (χ3n) is 1.51. The molecule has 1 nitrogen and oxygen atoms in total. The smallest absolute Gasteiger partial charge is 0.0967 e. The highest BCUT2D eigenvalue weighted by atomic mass is 35.5. The Bertz CT molecular complexity index is 136. The Morgan fingerprint density at radius 2 is 2.36 bits per heavy atom. The Balaban J connectivity index is 3.54. The van der Waals surface area contributed by atoms with Gasteiger partial charge >= 0.3 is 0 Å². The number of rotatable bonds is 6. The maximum Gasteiger partial charge on any atom is 0.0967 e. The lowest BCUT2D eigenvalue weighted by Crippen LogP contribution is -1.92. The highest BCUT2D eigenvalue weighted by Crippen LogP contribution is 2.34. The zero-order chi connectivity index (χ0) is 8.69. The SMILES string of the molecule is C=CC[PH](=O)C(Cl)CCCC. The fourth-order valence-electron chi connectivity index (χ4n) is 0.814. The molecule has 2 atom stereocenters. The minimum atomic E-state index is -1.59. The van der Waals surface area contributed by atoms with Crippen LogP contribution < -0.4 is 0 Å². The van der Waals surface area contributed by atoms with E-state index in [-0.39, 0.29) is 5.12 Å². The summed E-state index contributed by atoms with van der Waals surface area (Å²) < 4.78 is 11.2. The molecule has 11 heavy (non-hydrogen) atoms. The Labute approximate surface area is 74.6 Å². The average Bonchev–Trinajstić information content (AvgIpc) is 2.00. The number of hydrogen-bond donors (Lipinski definition) is 0. The molecular weight excluding hydrogens is 179 g/mol. The molecule has 2 unspecified atom stereocenters. The average molecular weight is 195 g/mol. The molecule has 0 radical (unpaired) electrons. The summed E-state index contributed by atoms with van der Waals surface area (Å²) in [5.74, 6) is 0. The fourth-order valence-corrected chi connectivity index (χ4v) is 2.30. The zero-order valence-corrected chi connectivity index (χ0v) is 8.73. The molecule has 0 fully saturated rings. The van der Waals surface area contributed by atoms with Crippen LogP contribution in [-0.2, 0) is 4.57 Å². The van der Waals surface area contributed by atoms with Crippen molar-refractivity contribution in [3.8, 4) is 0 Å². The number of halogens is 1. The van der Waals surface area contributed by atoms with Crippen molar-refractivity contribution in [1.29, 1.82) is 0 Å². The van der Waals surface area contributed by atoms with Gasteiger partial charge in [-0.2, -0.15) is 0 Å². The van der Waals surface area contributed by atoms with Gasteiger partial charge in [0.2, 0.25) is 0 Å².